The summed E-state index contributed by atoms with van der Waals surface area (Å²) in [4.78, 5) is 14.1. The van der Waals surface area contributed by atoms with E-state index in [2.05, 4.69) is 10.2 Å². The Morgan fingerprint density at radius 2 is 2.33 bits per heavy atom. The molecule has 1 amide bonds. The molecule has 4 nitrogen and oxygen atoms in total. The third-order valence-electron chi connectivity index (χ3n) is 3.46. The van der Waals surface area contributed by atoms with Crippen LogP contribution in [0.3, 0.4) is 0 Å². The summed E-state index contributed by atoms with van der Waals surface area (Å²) in [5.74, 6) is 0.115. The van der Waals surface area contributed by atoms with Gasteiger partial charge in [-0.25, -0.2) is 0 Å². The predicted molar refractivity (Wildman–Crippen MR) is 59.4 cm³/mol. The lowest BCUT2D eigenvalue weighted by atomic mass is 10.1. The van der Waals surface area contributed by atoms with Gasteiger partial charge in [-0.3, -0.25) is 9.69 Å². The molecule has 0 aromatic carbocycles. The van der Waals surface area contributed by atoms with Crippen LogP contribution in [0.4, 0.5) is 0 Å². The van der Waals surface area contributed by atoms with Gasteiger partial charge in [0.1, 0.15) is 0 Å². The van der Waals surface area contributed by atoms with E-state index in [4.69, 9.17) is 5.73 Å². The summed E-state index contributed by atoms with van der Waals surface area (Å²) in [5.41, 5.74) is 5.60. The molecule has 3 atom stereocenters. The second-order valence-corrected chi connectivity index (χ2v) is 4.89. The van der Waals surface area contributed by atoms with Crippen molar-refractivity contribution in [2.24, 2.45) is 5.73 Å². The minimum atomic E-state index is -0.0360. The molecule has 0 radical (unpaired) electrons. The molecule has 2 aliphatic rings. The van der Waals surface area contributed by atoms with E-state index >= 15 is 0 Å². The molecular weight excluding hydrogens is 190 g/mol. The van der Waals surface area contributed by atoms with Gasteiger partial charge in [0.15, 0.2) is 0 Å². The quantitative estimate of drug-likeness (QED) is 0.695. The van der Waals surface area contributed by atoms with Gasteiger partial charge in [0, 0.05) is 31.1 Å². The van der Waals surface area contributed by atoms with Gasteiger partial charge < -0.3 is 11.1 Å². The maximum absolute atomic E-state index is 11.6. The number of carbonyl (C=O) groups excluding carboxylic acids is 1. The van der Waals surface area contributed by atoms with Gasteiger partial charge in [-0.1, -0.05) is 0 Å². The third-order valence-corrected chi connectivity index (χ3v) is 3.46. The van der Waals surface area contributed by atoms with Crippen LogP contribution in [0, 0.1) is 0 Å². The van der Waals surface area contributed by atoms with Crippen LogP contribution in [-0.2, 0) is 4.79 Å². The Kier molecular flexibility index (Phi) is 3.26. The summed E-state index contributed by atoms with van der Waals surface area (Å²) in [5, 5.41) is 3.12. The molecule has 15 heavy (non-hydrogen) atoms. The van der Waals surface area contributed by atoms with E-state index < -0.39 is 0 Å². The molecule has 0 saturated carbocycles. The van der Waals surface area contributed by atoms with E-state index in [1.54, 1.807) is 0 Å². The first kappa shape index (κ1) is 10.9. The second kappa shape index (κ2) is 4.49. The molecule has 0 aromatic rings. The normalized spacial score (nSPS) is 32.7. The number of rotatable bonds is 3. The van der Waals surface area contributed by atoms with E-state index in [1.807, 2.05) is 6.92 Å². The molecule has 2 aliphatic heterocycles. The van der Waals surface area contributed by atoms with Gasteiger partial charge in [0.05, 0.1) is 0 Å². The van der Waals surface area contributed by atoms with Crippen molar-refractivity contribution in [2.75, 3.05) is 13.1 Å². The van der Waals surface area contributed by atoms with Crippen molar-refractivity contribution in [3.8, 4) is 0 Å². The lowest BCUT2D eigenvalue weighted by Gasteiger charge is -2.21. The Morgan fingerprint density at radius 3 is 3.07 bits per heavy atom. The van der Waals surface area contributed by atoms with E-state index in [1.165, 1.54) is 19.4 Å². The van der Waals surface area contributed by atoms with Crippen molar-refractivity contribution in [3.63, 3.8) is 0 Å². The molecule has 2 fully saturated rings. The molecule has 86 valence electrons. The molecule has 0 bridgehead atoms. The summed E-state index contributed by atoms with van der Waals surface area (Å²) in [6.07, 6.45) is 4.08. The first-order valence-electron chi connectivity index (χ1n) is 5.96. The zero-order chi connectivity index (χ0) is 10.8. The van der Waals surface area contributed by atoms with Crippen molar-refractivity contribution < 1.29 is 4.79 Å². The van der Waals surface area contributed by atoms with Crippen LogP contribution in [0.5, 0.6) is 0 Å². The van der Waals surface area contributed by atoms with Crippen LogP contribution in [0.2, 0.25) is 0 Å². The van der Waals surface area contributed by atoms with E-state index in [-0.39, 0.29) is 11.9 Å². The summed E-state index contributed by atoms with van der Waals surface area (Å²) >= 11 is 0. The highest BCUT2D eigenvalue weighted by Crippen LogP contribution is 2.27. The van der Waals surface area contributed by atoms with Gasteiger partial charge in [-0.05, 0) is 32.7 Å². The monoisotopic (exact) mass is 211 g/mol. The highest BCUT2D eigenvalue weighted by Gasteiger charge is 2.37. The van der Waals surface area contributed by atoms with Crippen LogP contribution in [0.1, 0.15) is 32.6 Å². The van der Waals surface area contributed by atoms with E-state index in [0.29, 0.717) is 18.5 Å². The largest absolute Gasteiger partial charge is 0.352 e. The summed E-state index contributed by atoms with van der Waals surface area (Å²) in [7, 11) is 0. The highest BCUT2D eigenvalue weighted by atomic mass is 16.1. The zero-order valence-corrected chi connectivity index (χ0v) is 9.41. The Morgan fingerprint density at radius 1 is 1.53 bits per heavy atom. The fraction of sp³-hybridized carbons (Fsp3) is 0.909. The van der Waals surface area contributed by atoms with Gasteiger partial charge in [0.25, 0.3) is 0 Å². The summed E-state index contributed by atoms with van der Waals surface area (Å²) in [6, 6.07) is 0.937. The minimum absolute atomic E-state index is 0.0360. The van der Waals surface area contributed by atoms with Gasteiger partial charge in [0.2, 0.25) is 5.91 Å². The number of amides is 1. The van der Waals surface area contributed by atoms with Crippen LogP contribution >= 0.6 is 0 Å². The van der Waals surface area contributed by atoms with Gasteiger partial charge >= 0.3 is 0 Å². The van der Waals surface area contributed by atoms with Crippen molar-refractivity contribution in [2.45, 2.75) is 50.7 Å². The smallest absolute Gasteiger partial charge is 0.221 e. The number of fused-ring (bicyclic) bond motifs is 1. The molecule has 0 aromatic heterocycles. The Balaban J connectivity index is 1.82. The standard InChI is InChI=1S/C11H21N3O/c1-8(12)7-11(15)13-9-4-6-14-5-2-3-10(9)14/h8-10H,2-7,12H2,1H3,(H,13,15). The third kappa shape index (κ3) is 2.49. The first-order valence-corrected chi connectivity index (χ1v) is 5.96. The number of hydrogen-bond donors (Lipinski definition) is 2. The molecule has 2 saturated heterocycles. The van der Waals surface area contributed by atoms with Gasteiger partial charge in [-0.15, -0.1) is 0 Å². The number of hydrogen-bond acceptors (Lipinski definition) is 3. The lowest BCUT2D eigenvalue weighted by Crippen LogP contribution is -2.43. The van der Waals surface area contributed by atoms with Crippen molar-refractivity contribution in [1.82, 2.24) is 10.2 Å². The van der Waals surface area contributed by atoms with Crippen LogP contribution in [0.15, 0.2) is 0 Å². The Hall–Kier alpha value is -0.610. The van der Waals surface area contributed by atoms with E-state index in [0.717, 1.165) is 13.0 Å². The van der Waals surface area contributed by atoms with E-state index in [9.17, 15) is 4.79 Å². The fourth-order valence-corrected chi connectivity index (χ4v) is 2.81. The fourth-order valence-electron chi connectivity index (χ4n) is 2.81. The maximum Gasteiger partial charge on any atom is 0.221 e. The molecule has 0 spiro atoms. The highest BCUT2D eigenvalue weighted by molar-refractivity contribution is 5.76. The van der Waals surface area contributed by atoms with Gasteiger partial charge in [-0.2, -0.15) is 0 Å². The minimum Gasteiger partial charge on any atom is -0.352 e. The number of carbonyl (C=O) groups is 1. The van der Waals surface area contributed by atoms with Crippen LogP contribution < -0.4 is 11.1 Å². The SMILES string of the molecule is CC(N)CC(=O)NC1CCN2CCCC12. The summed E-state index contributed by atoms with van der Waals surface area (Å²) in [6.45, 7) is 4.23. The first-order chi connectivity index (χ1) is 7.16. The molecular formula is C11H21N3O. The molecule has 2 heterocycles. The average molecular weight is 211 g/mol. The van der Waals surface area contributed by atoms with Crippen molar-refractivity contribution in [3.05, 3.63) is 0 Å². The molecule has 0 aliphatic carbocycles. The average Bonchev–Trinajstić information content (AvgIpc) is 2.68. The van der Waals surface area contributed by atoms with Crippen molar-refractivity contribution >= 4 is 5.91 Å². The number of nitrogens with two attached hydrogens (primary N) is 1. The Bertz CT molecular complexity index is 242. The molecule has 4 heteroatoms. The molecule has 2 rings (SSSR count). The lowest BCUT2D eigenvalue weighted by molar-refractivity contribution is -0.122. The van der Waals surface area contributed by atoms with Crippen LogP contribution in [0.25, 0.3) is 0 Å². The zero-order valence-electron chi connectivity index (χ0n) is 9.41. The number of nitrogens with one attached hydrogen (secondary N) is 1. The second-order valence-electron chi connectivity index (χ2n) is 4.89. The molecule has 3 N–H and O–H groups in total. The van der Waals surface area contributed by atoms with Crippen molar-refractivity contribution in [1.29, 1.82) is 0 Å². The van der Waals surface area contributed by atoms with Crippen LogP contribution in [-0.4, -0.2) is 42.0 Å². The summed E-state index contributed by atoms with van der Waals surface area (Å²) < 4.78 is 0. The maximum atomic E-state index is 11.6. The Labute approximate surface area is 91.2 Å². The molecule has 3 unspecified atom stereocenters. The predicted octanol–water partition coefficient (Wildman–Crippen LogP) is 0.0766. The number of nitrogens with zero attached hydrogens (tertiary/aromatic N) is 1. The topological polar surface area (TPSA) is 58.4 Å².